The summed E-state index contributed by atoms with van der Waals surface area (Å²) in [5.41, 5.74) is -0.0700. The third kappa shape index (κ3) is 3.66. The van der Waals surface area contributed by atoms with Crippen molar-refractivity contribution in [3.05, 3.63) is 17.8 Å². The molecule has 6 nitrogen and oxygen atoms in total. The number of aliphatic hydroxyl groups excluding tert-OH is 1. The fourth-order valence-electron chi connectivity index (χ4n) is 1.50. The number of esters is 1. The largest absolute Gasteiger partial charge is 0.464 e. The molecule has 1 aromatic rings. The van der Waals surface area contributed by atoms with Crippen molar-refractivity contribution >= 4 is 11.8 Å². The zero-order chi connectivity index (χ0) is 13.6. The highest BCUT2D eigenvalue weighted by molar-refractivity contribution is 5.86. The maximum absolute atomic E-state index is 11.2. The molecule has 100 valence electrons. The maximum atomic E-state index is 11.2. The Labute approximate surface area is 106 Å². The zero-order valence-corrected chi connectivity index (χ0v) is 10.9. The molecule has 1 aromatic heterocycles. The van der Waals surface area contributed by atoms with Gasteiger partial charge in [-0.05, 0) is 31.9 Å². The zero-order valence-electron chi connectivity index (χ0n) is 10.9. The van der Waals surface area contributed by atoms with Crippen molar-refractivity contribution in [2.75, 3.05) is 19.0 Å². The van der Waals surface area contributed by atoms with Gasteiger partial charge in [-0.2, -0.15) is 0 Å². The second-order valence-corrected chi connectivity index (χ2v) is 4.31. The minimum atomic E-state index is -0.511. The van der Waals surface area contributed by atoms with Crippen LogP contribution in [0.4, 0.5) is 5.82 Å². The first-order valence-electron chi connectivity index (χ1n) is 5.85. The summed E-state index contributed by atoms with van der Waals surface area (Å²) in [7, 11) is 1.30. The van der Waals surface area contributed by atoms with E-state index in [-0.39, 0.29) is 17.8 Å². The minimum Gasteiger partial charge on any atom is -0.464 e. The number of methoxy groups -OCH3 is 1. The third-order valence-electron chi connectivity index (χ3n) is 2.93. The average Bonchev–Trinajstić information content (AvgIpc) is 2.39. The molecule has 0 aliphatic rings. The molecule has 0 aliphatic carbocycles. The number of rotatable bonds is 6. The number of carbonyl (C=O) groups is 1. The molecule has 0 amide bonds. The highest BCUT2D eigenvalue weighted by Crippen LogP contribution is 2.19. The Balaban J connectivity index is 2.76. The maximum Gasteiger partial charge on any atom is 0.358 e. The van der Waals surface area contributed by atoms with Crippen molar-refractivity contribution < 1.29 is 14.6 Å². The van der Waals surface area contributed by atoms with Crippen LogP contribution in [0.1, 0.15) is 37.2 Å². The van der Waals surface area contributed by atoms with Gasteiger partial charge in [0, 0.05) is 12.1 Å². The molecule has 2 N–H and O–H groups in total. The first kappa shape index (κ1) is 14.4. The second-order valence-electron chi connectivity index (χ2n) is 4.31. The van der Waals surface area contributed by atoms with Gasteiger partial charge in [0.25, 0.3) is 0 Å². The van der Waals surface area contributed by atoms with Gasteiger partial charge < -0.3 is 15.2 Å². The molecule has 1 heterocycles. The Bertz CT molecular complexity index is 394. The fourth-order valence-corrected chi connectivity index (χ4v) is 1.50. The molecule has 0 aliphatic heterocycles. The van der Waals surface area contributed by atoms with Crippen LogP contribution in [0.2, 0.25) is 0 Å². The number of anilines is 1. The Morgan fingerprint density at radius 1 is 1.50 bits per heavy atom. The molecule has 1 rings (SSSR count). The fraction of sp³-hybridized carbons (Fsp3) is 0.583. The molecule has 0 saturated heterocycles. The van der Waals surface area contributed by atoms with E-state index in [0.717, 1.165) is 6.42 Å². The summed E-state index contributed by atoms with van der Waals surface area (Å²) >= 11 is 0. The smallest absolute Gasteiger partial charge is 0.358 e. The van der Waals surface area contributed by atoms with Crippen LogP contribution in [0.5, 0.6) is 0 Å². The number of nitrogens with one attached hydrogen (secondary N) is 1. The molecular weight excluding hydrogens is 234 g/mol. The van der Waals surface area contributed by atoms with Gasteiger partial charge >= 0.3 is 5.97 Å². The van der Waals surface area contributed by atoms with Crippen LogP contribution in [-0.2, 0) is 4.74 Å². The van der Waals surface area contributed by atoms with E-state index in [1.807, 2.05) is 13.8 Å². The lowest BCUT2D eigenvalue weighted by atomic mass is 9.95. The van der Waals surface area contributed by atoms with E-state index in [4.69, 9.17) is 5.11 Å². The normalized spacial score (nSPS) is 13.8. The van der Waals surface area contributed by atoms with E-state index in [2.05, 4.69) is 20.3 Å². The van der Waals surface area contributed by atoms with Gasteiger partial charge in [-0.25, -0.2) is 4.79 Å². The Hall–Kier alpha value is -1.69. The van der Waals surface area contributed by atoms with Crippen molar-refractivity contribution in [3.63, 3.8) is 0 Å². The molecule has 0 fully saturated rings. The summed E-state index contributed by atoms with van der Waals surface area (Å²) in [5, 5.41) is 19.9. The highest BCUT2D eigenvalue weighted by atomic mass is 16.5. The van der Waals surface area contributed by atoms with Gasteiger partial charge in [0.1, 0.15) is 5.82 Å². The Kier molecular flexibility index (Phi) is 5.03. The molecule has 0 bridgehead atoms. The topological polar surface area (TPSA) is 84.3 Å². The molecule has 6 heteroatoms. The number of hydrogen-bond donors (Lipinski definition) is 2. The summed E-state index contributed by atoms with van der Waals surface area (Å²) in [6, 6.07) is 3.22. The lowest BCUT2D eigenvalue weighted by Crippen LogP contribution is -2.35. The number of aromatic nitrogens is 2. The van der Waals surface area contributed by atoms with Crippen molar-refractivity contribution in [3.8, 4) is 0 Å². The lowest BCUT2D eigenvalue weighted by molar-refractivity contribution is 0.0593. The lowest BCUT2D eigenvalue weighted by Gasteiger charge is -2.29. The van der Waals surface area contributed by atoms with Gasteiger partial charge in [-0.3, -0.25) is 0 Å². The monoisotopic (exact) mass is 253 g/mol. The van der Waals surface area contributed by atoms with Crippen molar-refractivity contribution in [1.82, 2.24) is 10.2 Å². The molecule has 1 unspecified atom stereocenters. The van der Waals surface area contributed by atoms with E-state index >= 15 is 0 Å². The van der Waals surface area contributed by atoms with Gasteiger partial charge in [0.2, 0.25) is 0 Å². The van der Waals surface area contributed by atoms with Gasteiger partial charge in [-0.15, -0.1) is 10.2 Å². The minimum absolute atomic E-state index is 0.102. The quantitative estimate of drug-likeness (QED) is 0.742. The Morgan fingerprint density at radius 3 is 2.67 bits per heavy atom. The average molecular weight is 253 g/mol. The standard InChI is InChI=1S/C12H19N3O3/c1-4-12(2,7-8-16)13-10-6-5-9(14-15-10)11(17)18-3/h5-6,16H,4,7-8H2,1-3H3,(H,13,15). The number of aliphatic hydroxyl groups is 1. The Morgan fingerprint density at radius 2 is 2.22 bits per heavy atom. The van der Waals surface area contributed by atoms with Crippen molar-refractivity contribution in [2.45, 2.75) is 32.2 Å². The van der Waals surface area contributed by atoms with Crippen LogP contribution in [0.15, 0.2) is 12.1 Å². The summed E-state index contributed by atoms with van der Waals surface area (Å²) in [6.45, 7) is 4.13. The first-order valence-corrected chi connectivity index (χ1v) is 5.85. The molecule has 0 aromatic carbocycles. The molecule has 0 spiro atoms. The molecule has 0 radical (unpaired) electrons. The number of carbonyl (C=O) groups excluding carboxylic acids is 1. The van der Waals surface area contributed by atoms with Gasteiger partial charge in [0.15, 0.2) is 5.69 Å². The van der Waals surface area contributed by atoms with Crippen LogP contribution in [0.3, 0.4) is 0 Å². The first-order chi connectivity index (χ1) is 8.54. The van der Waals surface area contributed by atoms with E-state index < -0.39 is 5.97 Å². The van der Waals surface area contributed by atoms with Crippen LogP contribution in [0, 0.1) is 0 Å². The van der Waals surface area contributed by atoms with Crippen LogP contribution >= 0.6 is 0 Å². The number of nitrogens with zero attached hydrogens (tertiary/aromatic N) is 2. The van der Waals surface area contributed by atoms with E-state index in [9.17, 15) is 4.79 Å². The molecular formula is C12H19N3O3. The highest BCUT2D eigenvalue weighted by Gasteiger charge is 2.21. The van der Waals surface area contributed by atoms with Crippen LogP contribution in [0.25, 0.3) is 0 Å². The molecule has 18 heavy (non-hydrogen) atoms. The third-order valence-corrected chi connectivity index (χ3v) is 2.93. The van der Waals surface area contributed by atoms with Gasteiger partial charge in [0.05, 0.1) is 7.11 Å². The number of ether oxygens (including phenoxy) is 1. The summed E-state index contributed by atoms with van der Waals surface area (Å²) in [6.07, 6.45) is 1.46. The SMILES string of the molecule is CCC(C)(CCO)Nc1ccc(C(=O)OC)nn1. The molecule has 1 atom stereocenters. The summed E-state index contributed by atoms with van der Waals surface area (Å²) in [5.74, 6) is 0.0584. The predicted octanol–water partition coefficient (Wildman–Crippen LogP) is 1.23. The van der Waals surface area contributed by atoms with E-state index in [1.54, 1.807) is 12.1 Å². The van der Waals surface area contributed by atoms with E-state index in [1.165, 1.54) is 7.11 Å². The van der Waals surface area contributed by atoms with E-state index in [0.29, 0.717) is 12.2 Å². The van der Waals surface area contributed by atoms with Crippen molar-refractivity contribution in [2.24, 2.45) is 0 Å². The summed E-state index contributed by atoms with van der Waals surface area (Å²) < 4.78 is 4.54. The van der Waals surface area contributed by atoms with Crippen molar-refractivity contribution in [1.29, 1.82) is 0 Å². The summed E-state index contributed by atoms with van der Waals surface area (Å²) in [4.78, 5) is 11.2. The second kappa shape index (κ2) is 6.30. The van der Waals surface area contributed by atoms with Crippen LogP contribution in [-0.4, -0.2) is 40.5 Å². The predicted molar refractivity (Wildman–Crippen MR) is 67.4 cm³/mol. The number of hydrogen-bond acceptors (Lipinski definition) is 6. The van der Waals surface area contributed by atoms with Gasteiger partial charge in [-0.1, -0.05) is 6.92 Å². The molecule has 0 saturated carbocycles. The van der Waals surface area contributed by atoms with Crippen LogP contribution < -0.4 is 5.32 Å².